The lowest BCUT2D eigenvalue weighted by atomic mass is 10.3. The van der Waals surface area contributed by atoms with E-state index in [9.17, 15) is 9.59 Å². The maximum atomic E-state index is 12.0. The lowest BCUT2D eigenvalue weighted by Crippen LogP contribution is -2.37. The molecule has 0 atom stereocenters. The van der Waals surface area contributed by atoms with E-state index in [2.05, 4.69) is 5.32 Å². The molecule has 0 radical (unpaired) electrons. The van der Waals surface area contributed by atoms with Crippen molar-refractivity contribution in [2.24, 2.45) is 0 Å². The second-order valence-corrected chi connectivity index (χ2v) is 5.38. The molecule has 0 spiro atoms. The summed E-state index contributed by atoms with van der Waals surface area (Å²) in [6.45, 7) is 3.66. The van der Waals surface area contributed by atoms with Crippen LogP contribution in [0.25, 0.3) is 0 Å². The average molecular weight is 269 g/mol. The third-order valence-corrected chi connectivity index (χ3v) is 3.65. The molecule has 1 saturated carbocycles. The fourth-order valence-electron chi connectivity index (χ4n) is 2.40. The largest absolute Gasteiger partial charge is 0.480 e. The summed E-state index contributed by atoms with van der Waals surface area (Å²) in [4.78, 5) is 26.5. The summed E-state index contributed by atoms with van der Waals surface area (Å²) in [5, 5.41) is 12.1. The number of hydrogen-bond donors (Lipinski definition) is 2. The Kier molecular flexibility index (Phi) is 5.15. The monoisotopic (exact) mass is 269 g/mol. The van der Waals surface area contributed by atoms with Crippen LogP contribution in [0.4, 0.5) is 0 Å². The molecule has 2 aliphatic rings. The smallest absolute Gasteiger partial charge is 0.317 e. The molecule has 2 rings (SSSR count). The molecule has 0 aromatic carbocycles. The van der Waals surface area contributed by atoms with Gasteiger partial charge in [-0.05, 0) is 19.3 Å². The van der Waals surface area contributed by atoms with E-state index in [4.69, 9.17) is 5.11 Å². The number of nitrogens with zero attached hydrogens (tertiary/aromatic N) is 2. The molecule has 1 saturated heterocycles. The van der Waals surface area contributed by atoms with E-state index in [0.29, 0.717) is 25.6 Å². The average Bonchev–Trinajstić information content (AvgIpc) is 3.15. The van der Waals surface area contributed by atoms with E-state index in [-0.39, 0.29) is 12.5 Å². The molecule has 108 valence electrons. The second kappa shape index (κ2) is 6.86. The molecule has 0 bridgehead atoms. The number of nitrogens with one attached hydrogen (secondary N) is 1. The highest BCUT2D eigenvalue weighted by atomic mass is 16.4. The summed E-state index contributed by atoms with van der Waals surface area (Å²) in [6.07, 6.45) is 3.88. The van der Waals surface area contributed by atoms with Gasteiger partial charge in [0.1, 0.15) is 0 Å². The maximum Gasteiger partial charge on any atom is 0.317 e. The van der Waals surface area contributed by atoms with E-state index in [1.807, 2.05) is 9.80 Å². The number of carboxylic acids is 1. The SMILES string of the molecule is O=C(O)CN1CCCN(C(=O)CCNC2CC2)CC1. The van der Waals surface area contributed by atoms with Crippen LogP contribution in [0.5, 0.6) is 0 Å². The summed E-state index contributed by atoms with van der Waals surface area (Å²) in [7, 11) is 0. The Bertz CT molecular complexity index is 331. The molecule has 1 heterocycles. The second-order valence-electron chi connectivity index (χ2n) is 5.38. The molecule has 2 N–H and O–H groups in total. The zero-order valence-electron chi connectivity index (χ0n) is 11.3. The minimum Gasteiger partial charge on any atom is -0.480 e. The number of amides is 1. The van der Waals surface area contributed by atoms with Crippen molar-refractivity contribution >= 4 is 11.9 Å². The van der Waals surface area contributed by atoms with E-state index >= 15 is 0 Å². The Balaban J connectivity index is 1.68. The number of carbonyl (C=O) groups is 2. The van der Waals surface area contributed by atoms with Crippen molar-refractivity contribution in [3.63, 3.8) is 0 Å². The molecule has 6 heteroatoms. The van der Waals surface area contributed by atoms with Crippen LogP contribution >= 0.6 is 0 Å². The molecule has 2 fully saturated rings. The van der Waals surface area contributed by atoms with Crippen LogP contribution < -0.4 is 5.32 Å². The van der Waals surface area contributed by atoms with E-state index in [0.717, 1.165) is 26.1 Å². The van der Waals surface area contributed by atoms with Crippen molar-refractivity contribution in [1.82, 2.24) is 15.1 Å². The van der Waals surface area contributed by atoms with Crippen molar-refractivity contribution in [3.05, 3.63) is 0 Å². The van der Waals surface area contributed by atoms with Crippen molar-refractivity contribution < 1.29 is 14.7 Å². The highest BCUT2D eigenvalue weighted by molar-refractivity contribution is 5.76. The van der Waals surface area contributed by atoms with Crippen molar-refractivity contribution in [2.75, 3.05) is 39.3 Å². The van der Waals surface area contributed by atoms with Gasteiger partial charge in [-0.3, -0.25) is 14.5 Å². The third-order valence-electron chi connectivity index (χ3n) is 3.65. The van der Waals surface area contributed by atoms with Crippen LogP contribution in [0.15, 0.2) is 0 Å². The molecule has 6 nitrogen and oxygen atoms in total. The topological polar surface area (TPSA) is 72.9 Å². The van der Waals surface area contributed by atoms with Gasteiger partial charge in [0.05, 0.1) is 6.54 Å². The summed E-state index contributed by atoms with van der Waals surface area (Å²) < 4.78 is 0. The van der Waals surface area contributed by atoms with Gasteiger partial charge in [0.15, 0.2) is 0 Å². The first-order valence-corrected chi connectivity index (χ1v) is 7.10. The summed E-state index contributed by atoms with van der Waals surface area (Å²) in [5.74, 6) is -0.612. The number of aliphatic carboxylic acids is 1. The number of rotatable bonds is 6. The van der Waals surface area contributed by atoms with Crippen LogP contribution in [0.2, 0.25) is 0 Å². The highest BCUT2D eigenvalue weighted by Crippen LogP contribution is 2.18. The van der Waals surface area contributed by atoms with Gasteiger partial charge in [0.2, 0.25) is 5.91 Å². The summed E-state index contributed by atoms with van der Waals surface area (Å²) in [5.41, 5.74) is 0. The van der Waals surface area contributed by atoms with E-state index in [1.54, 1.807) is 0 Å². The molecule has 19 heavy (non-hydrogen) atoms. The Morgan fingerprint density at radius 2 is 1.95 bits per heavy atom. The Hall–Kier alpha value is -1.14. The number of hydrogen-bond acceptors (Lipinski definition) is 4. The zero-order chi connectivity index (χ0) is 13.7. The quantitative estimate of drug-likeness (QED) is 0.695. The van der Waals surface area contributed by atoms with Gasteiger partial charge < -0.3 is 15.3 Å². The van der Waals surface area contributed by atoms with Crippen molar-refractivity contribution in [1.29, 1.82) is 0 Å². The number of carboxylic acid groups (broad SMARTS) is 1. The van der Waals surface area contributed by atoms with Crippen LogP contribution in [0.1, 0.15) is 25.7 Å². The van der Waals surface area contributed by atoms with Crippen LogP contribution in [0.3, 0.4) is 0 Å². The van der Waals surface area contributed by atoms with Crippen LogP contribution in [-0.2, 0) is 9.59 Å². The lowest BCUT2D eigenvalue weighted by molar-refractivity contribution is -0.138. The lowest BCUT2D eigenvalue weighted by Gasteiger charge is -2.21. The Labute approximate surface area is 113 Å². The first kappa shape index (κ1) is 14.3. The highest BCUT2D eigenvalue weighted by Gasteiger charge is 2.22. The molecule has 1 aliphatic heterocycles. The molecule has 0 aromatic heterocycles. The standard InChI is InChI=1S/C13H23N3O3/c17-12(4-5-14-11-2-3-11)16-7-1-6-15(8-9-16)10-13(18)19/h11,14H,1-10H2,(H,18,19). The van der Waals surface area contributed by atoms with Crippen molar-refractivity contribution in [2.45, 2.75) is 31.7 Å². The minimum absolute atomic E-state index is 0.0747. The van der Waals surface area contributed by atoms with Gasteiger partial charge in [-0.1, -0.05) is 0 Å². The Morgan fingerprint density at radius 3 is 2.63 bits per heavy atom. The minimum atomic E-state index is -0.798. The van der Waals surface area contributed by atoms with Gasteiger partial charge in [-0.15, -0.1) is 0 Å². The number of carbonyl (C=O) groups excluding carboxylic acids is 1. The van der Waals surface area contributed by atoms with Crippen LogP contribution in [0, 0.1) is 0 Å². The van der Waals surface area contributed by atoms with Crippen LogP contribution in [-0.4, -0.2) is 72.1 Å². The molecule has 1 aliphatic carbocycles. The molecule has 0 unspecified atom stereocenters. The predicted octanol–water partition coefficient (Wildman–Crippen LogP) is -0.253. The van der Waals surface area contributed by atoms with Gasteiger partial charge in [-0.25, -0.2) is 0 Å². The molecular formula is C13H23N3O3. The third kappa shape index (κ3) is 5.16. The van der Waals surface area contributed by atoms with Gasteiger partial charge >= 0.3 is 5.97 Å². The first-order valence-electron chi connectivity index (χ1n) is 7.10. The maximum absolute atomic E-state index is 12.0. The first-order chi connectivity index (χ1) is 9.15. The summed E-state index contributed by atoms with van der Waals surface area (Å²) >= 11 is 0. The van der Waals surface area contributed by atoms with E-state index in [1.165, 1.54) is 12.8 Å². The van der Waals surface area contributed by atoms with E-state index < -0.39 is 5.97 Å². The molecule has 1 amide bonds. The zero-order valence-corrected chi connectivity index (χ0v) is 11.3. The van der Waals surface area contributed by atoms with Gasteiger partial charge in [0.25, 0.3) is 0 Å². The fraction of sp³-hybridized carbons (Fsp3) is 0.846. The van der Waals surface area contributed by atoms with Gasteiger partial charge in [-0.2, -0.15) is 0 Å². The Morgan fingerprint density at radius 1 is 1.16 bits per heavy atom. The predicted molar refractivity (Wildman–Crippen MR) is 70.9 cm³/mol. The molecule has 0 aromatic rings. The molecular weight excluding hydrogens is 246 g/mol. The normalized spacial score (nSPS) is 21.2. The fourth-order valence-corrected chi connectivity index (χ4v) is 2.40. The van der Waals surface area contributed by atoms with Crippen molar-refractivity contribution in [3.8, 4) is 0 Å². The summed E-state index contributed by atoms with van der Waals surface area (Å²) in [6, 6.07) is 0.642. The van der Waals surface area contributed by atoms with Gasteiger partial charge in [0, 0.05) is 45.2 Å².